The standard InChI is InChI=1S/C11H17NS/c13-10-4-8-12-9-7-11-5-2-1-3-6-11/h1-3,5-6,12-13H,4,7-10H2. The number of thiol groups is 1. The second-order valence-electron chi connectivity index (χ2n) is 3.06. The molecular weight excluding hydrogens is 178 g/mol. The lowest BCUT2D eigenvalue weighted by molar-refractivity contribution is 0.675. The van der Waals surface area contributed by atoms with Crippen LogP contribution >= 0.6 is 12.6 Å². The van der Waals surface area contributed by atoms with Crippen molar-refractivity contribution in [1.82, 2.24) is 5.32 Å². The smallest absolute Gasteiger partial charge is 0.000835 e. The molecule has 0 aliphatic carbocycles. The highest BCUT2D eigenvalue weighted by Gasteiger charge is 1.90. The Labute approximate surface area is 86.0 Å². The largest absolute Gasteiger partial charge is 0.316 e. The summed E-state index contributed by atoms with van der Waals surface area (Å²) in [5.74, 6) is 0.971. The first-order chi connectivity index (χ1) is 6.43. The molecule has 0 saturated heterocycles. The molecule has 72 valence electrons. The van der Waals surface area contributed by atoms with Gasteiger partial charge in [-0.1, -0.05) is 30.3 Å². The second-order valence-corrected chi connectivity index (χ2v) is 3.51. The lowest BCUT2D eigenvalue weighted by atomic mass is 10.1. The molecule has 1 rings (SSSR count). The van der Waals surface area contributed by atoms with Crippen LogP contribution in [0.25, 0.3) is 0 Å². The number of nitrogens with one attached hydrogen (secondary N) is 1. The van der Waals surface area contributed by atoms with E-state index in [-0.39, 0.29) is 0 Å². The molecule has 0 fully saturated rings. The zero-order valence-electron chi connectivity index (χ0n) is 7.87. The molecule has 0 spiro atoms. The van der Waals surface area contributed by atoms with Crippen LogP contribution < -0.4 is 5.32 Å². The molecule has 0 aliphatic heterocycles. The predicted molar refractivity (Wildman–Crippen MR) is 61.5 cm³/mol. The Bertz CT molecular complexity index is 211. The van der Waals surface area contributed by atoms with E-state index < -0.39 is 0 Å². The zero-order valence-corrected chi connectivity index (χ0v) is 8.76. The molecule has 0 aliphatic rings. The van der Waals surface area contributed by atoms with Gasteiger partial charge in [0.2, 0.25) is 0 Å². The Morgan fingerprint density at radius 1 is 1.08 bits per heavy atom. The number of benzene rings is 1. The van der Waals surface area contributed by atoms with Gasteiger partial charge in [0.15, 0.2) is 0 Å². The Balaban J connectivity index is 2.07. The molecular formula is C11H17NS. The van der Waals surface area contributed by atoms with Crippen molar-refractivity contribution in [2.45, 2.75) is 12.8 Å². The van der Waals surface area contributed by atoms with Gasteiger partial charge in [-0.2, -0.15) is 12.6 Å². The van der Waals surface area contributed by atoms with E-state index in [1.54, 1.807) is 0 Å². The van der Waals surface area contributed by atoms with Crippen molar-refractivity contribution in [3.63, 3.8) is 0 Å². The van der Waals surface area contributed by atoms with Gasteiger partial charge >= 0.3 is 0 Å². The summed E-state index contributed by atoms with van der Waals surface area (Å²) >= 11 is 4.15. The van der Waals surface area contributed by atoms with E-state index in [0.717, 1.165) is 31.7 Å². The summed E-state index contributed by atoms with van der Waals surface area (Å²) in [5.41, 5.74) is 1.40. The summed E-state index contributed by atoms with van der Waals surface area (Å²) in [6.45, 7) is 2.15. The highest BCUT2D eigenvalue weighted by Crippen LogP contribution is 1.97. The zero-order chi connectivity index (χ0) is 9.36. The number of rotatable bonds is 6. The summed E-state index contributed by atoms with van der Waals surface area (Å²) < 4.78 is 0. The lowest BCUT2D eigenvalue weighted by Gasteiger charge is -2.03. The third-order valence-corrected chi connectivity index (χ3v) is 2.26. The van der Waals surface area contributed by atoms with E-state index >= 15 is 0 Å². The van der Waals surface area contributed by atoms with E-state index in [2.05, 4.69) is 48.3 Å². The molecule has 0 bridgehead atoms. The van der Waals surface area contributed by atoms with Gasteiger partial charge in [0, 0.05) is 0 Å². The van der Waals surface area contributed by atoms with Crippen molar-refractivity contribution in [3.05, 3.63) is 35.9 Å². The summed E-state index contributed by atoms with van der Waals surface area (Å²) in [4.78, 5) is 0. The number of hydrogen-bond donors (Lipinski definition) is 2. The van der Waals surface area contributed by atoms with Gasteiger partial charge in [0.05, 0.1) is 0 Å². The molecule has 0 aromatic heterocycles. The topological polar surface area (TPSA) is 12.0 Å². The molecule has 0 atom stereocenters. The first-order valence-corrected chi connectivity index (χ1v) is 5.42. The fourth-order valence-corrected chi connectivity index (χ4v) is 1.36. The average molecular weight is 195 g/mol. The van der Waals surface area contributed by atoms with Gasteiger partial charge in [-0.15, -0.1) is 0 Å². The first kappa shape index (κ1) is 10.6. The van der Waals surface area contributed by atoms with Crippen LogP contribution in [0.3, 0.4) is 0 Å². The van der Waals surface area contributed by atoms with Gasteiger partial charge in [0.1, 0.15) is 0 Å². The molecule has 1 N–H and O–H groups in total. The van der Waals surface area contributed by atoms with Crippen molar-refractivity contribution in [3.8, 4) is 0 Å². The monoisotopic (exact) mass is 195 g/mol. The van der Waals surface area contributed by atoms with Crippen molar-refractivity contribution < 1.29 is 0 Å². The van der Waals surface area contributed by atoms with Gasteiger partial charge in [-0.3, -0.25) is 0 Å². The molecule has 0 saturated carbocycles. The molecule has 13 heavy (non-hydrogen) atoms. The maximum Gasteiger partial charge on any atom is -0.000835 e. The van der Waals surface area contributed by atoms with Crippen LogP contribution in [0.5, 0.6) is 0 Å². The highest BCUT2D eigenvalue weighted by molar-refractivity contribution is 7.80. The van der Waals surface area contributed by atoms with Gasteiger partial charge in [0.25, 0.3) is 0 Å². The van der Waals surface area contributed by atoms with E-state index in [0.29, 0.717) is 0 Å². The molecule has 0 heterocycles. The van der Waals surface area contributed by atoms with E-state index in [4.69, 9.17) is 0 Å². The summed E-state index contributed by atoms with van der Waals surface area (Å²) in [6, 6.07) is 10.6. The molecule has 0 amide bonds. The Kier molecular flexibility index (Phi) is 5.70. The predicted octanol–water partition coefficient (Wildman–Crippen LogP) is 2.14. The Morgan fingerprint density at radius 2 is 1.85 bits per heavy atom. The van der Waals surface area contributed by atoms with Crippen LogP contribution in [0.15, 0.2) is 30.3 Å². The lowest BCUT2D eigenvalue weighted by Crippen LogP contribution is -2.18. The van der Waals surface area contributed by atoms with Gasteiger partial charge in [-0.05, 0) is 37.2 Å². The van der Waals surface area contributed by atoms with Crippen LogP contribution in [-0.2, 0) is 6.42 Å². The highest BCUT2D eigenvalue weighted by atomic mass is 32.1. The van der Waals surface area contributed by atoms with E-state index in [1.165, 1.54) is 5.56 Å². The van der Waals surface area contributed by atoms with Crippen molar-refractivity contribution in [1.29, 1.82) is 0 Å². The van der Waals surface area contributed by atoms with Gasteiger partial charge in [-0.25, -0.2) is 0 Å². The van der Waals surface area contributed by atoms with E-state index in [9.17, 15) is 0 Å². The van der Waals surface area contributed by atoms with E-state index in [1.807, 2.05) is 0 Å². The van der Waals surface area contributed by atoms with Crippen molar-refractivity contribution in [2.75, 3.05) is 18.8 Å². The minimum Gasteiger partial charge on any atom is -0.316 e. The number of hydrogen-bond acceptors (Lipinski definition) is 2. The van der Waals surface area contributed by atoms with Crippen LogP contribution in [0, 0.1) is 0 Å². The minimum atomic E-state index is 0.971. The average Bonchev–Trinajstić information content (AvgIpc) is 2.19. The Hall–Kier alpha value is -0.470. The molecule has 0 unspecified atom stereocenters. The van der Waals surface area contributed by atoms with Crippen molar-refractivity contribution >= 4 is 12.6 Å². The fourth-order valence-electron chi connectivity index (χ4n) is 1.21. The molecule has 2 heteroatoms. The fraction of sp³-hybridized carbons (Fsp3) is 0.455. The first-order valence-electron chi connectivity index (χ1n) is 4.79. The summed E-state index contributed by atoms with van der Waals surface area (Å²) in [6.07, 6.45) is 2.27. The molecule has 1 nitrogen and oxygen atoms in total. The quantitative estimate of drug-likeness (QED) is 0.523. The SMILES string of the molecule is SCCCNCCc1ccccc1. The molecule has 1 aromatic carbocycles. The van der Waals surface area contributed by atoms with Crippen LogP contribution in [0.1, 0.15) is 12.0 Å². The maximum absolute atomic E-state index is 4.15. The van der Waals surface area contributed by atoms with Crippen LogP contribution in [0.4, 0.5) is 0 Å². The van der Waals surface area contributed by atoms with Crippen LogP contribution in [0.2, 0.25) is 0 Å². The van der Waals surface area contributed by atoms with Crippen LogP contribution in [-0.4, -0.2) is 18.8 Å². The summed E-state index contributed by atoms with van der Waals surface area (Å²) in [5, 5.41) is 3.39. The summed E-state index contributed by atoms with van der Waals surface area (Å²) in [7, 11) is 0. The van der Waals surface area contributed by atoms with Crippen molar-refractivity contribution in [2.24, 2.45) is 0 Å². The Morgan fingerprint density at radius 3 is 2.54 bits per heavy atom. The minimum absolute atomic E-state index is 0.971. The molecule has 0 radical (unpaired) electrons. The third-order valence-electron chi connectivity index (χ3n) is 1.94. The molecule has 1 aromatic rings. The second kappa shape index (κ2) is 6.98. The van der Waals surface area contributed by atoms with Gasteiger partial charge < -0.3 is 5.32 Å². The third kappa shape index (κ3) is 4.96. The maximum atomic E-state index is 4.15. The normalized spacial score (nSPS) is 10.2.